The van der Waals surface area contributed by atoms with Gasteiger partial charge in [0.15, 0.2) is 0 Å². The first-order chi connectivity index (χ1) is 9.09. The van der Waals surface area contributed by atoms with E-state index in [1.807, 2.05) is 0 Å². The molecule has 0 aromatic rings. The highest BCUT2D eigenvalue weighted by atomic mass is 15.3. The predicted octanol–water partition coefficient (Wildman–Crippen LogP) is 3.71. The summed E-state index contributed by atoms with van der Waals surface area (Å²) in [6, 6.07) is 0.883. The zero-order valence-electron chi connectivity index (χ0n) is 13.0. The van der Waals surface area contributed by atoms with Gasteiger partial charge in [0.25, 0.3) is 0 Å². The minimum atomic E-state index is 0.299. The Labute approximate surface area is 119 Å². The smallest absolute Gasteiger partial charge is 0.0314 e. The summed E-state index contributed by atoms with van der Waals surface area (Å²) < 4.78 is 0. The molecule has 1 saturated heterocycles. The van der Waals surface area contributed by atoms with Crippen LogP contribution < -0.4 is 5.32 Å². The summed E-state index contributed by atoms with van der Waals surface area (Å²) in [5.41, 5.74) is 0.741. The second kappa shape index (κ2) is 5.37. The molecule has 0 atom stereocenters. The van der Waals surface area contributed by atoms with Crippen molar-refractivity contribution in [3.05, 3.63) is 0 Å². The van der Waals surface area contributed by atoms with Gasteiger partial charge in [-0.3, -0.25) is 4.90 Å². The molecule has 2 heteroatoms. The van der Waals surface area contributed by atoms with Gasteiger partial charge in [0.1, 0.15) is 0 Å². The summed E-state index contributed by atoms with van der Waals surface area (Å²) in [5, 5.41) is 4.04. The van der Waals surface area contributed by atoms with E-state index in [1.54, 1.807) is 0 Å². The molecule has 3 fully saturated rings. The van der Waals surface area contributed by atoms with Gasteiger partial charge in [-0.05, 0) is 39.5 Å². The first-order valence-electron chi connectivity index (χ1n) is 8.62. The van der Waals surface area contributed by atoms with Crippen LogP contribution in [0.1, 0.15) is 78.1 Å². The second-order valence-electron chi connectivity index (χ2n) is 8.05. The van der Waals surface area contributed by atoms with Gasteiger partial charge in [-0.2, -0.15) is 0 Å². The number of nitrogens with one attached hydrogen (secondary N) is 1. The fourth-order valence-electron chi connectivity index (χ4n) is 4.97. The van der Waals surface area contributed by atoms with Crippen molar-refractivity contribution in [3.63, 3.8) is 0 Å². The van der Waals surface area contributed by atoms with Crippen molar-refractivity contribution in [2.75, 3.05) is 13.1 Å². The zero-order chi connectivity index (χ0) is 13.3. The lowest BCUT2D eigenvalue weighted by atomic mass is 9.76. The molecule has 3 rings (SSSR count). The molecule has 3 aliphatic rings. The van der Waals surface area contributed by atoms with Crippen molar-refractivity contribution in [2.45, 2.75) is 95.2 Å². The summed E-state index contributed by atoms with van der Waals surface area (Å²) in [4.78, 5) is 2.86. The lowest BCUT2D eigenvalue weighted by Gasteiger charge is -2.55. The molecular weight excluding hydrogens is 232 g/mol. The SMILES string of the molecule is CC1(C)CN(C2CCCCC2)CC2(CCCCC2)N1. The van der Waals surface area contributed by atoms with E-state index in [0.717, 1.165) is 6.04 Å². The molecule has 0 aromatic heterocycles. The number of nitrogens with zero attached hydrogens (tertiary/aromatic N) is 1. The van der Waals surface area contributed by atoms with Crippen LogP contribution in [0.4, 0.5) is 0 Å². The average molecular weight is 264 g/mol. The van der Waals surface area contributed by atoms with Crippen LogP contribution in [0.25, 0.3) is 0 Å². The molecule has 2 saturated carbocycles. The summed E-state index contributed by atoms with van der Waals surface area (Å²) in [6.07, 6.45) is 14.4. The highest BCUT2D eigenvalue weighted by Gasteiger charge is 2.44. The number of hydrogen-bond donors (Lipinski definition) is 1. The van der Waals surface area contributed by atoms with Crippen LogP contribution in [0.3, 0.4) is 0 Å². The third-order valence-corrected chi connectivity index (χ3v) is 5.61. The Hall–Kier alpha value is -0.0800. The Morgan fingerprint density at radius 2 is 1.47 bits per heavy atom. The quantitative estimate of drug-likeness (QED) is 0.777. The van der Waals surface area contributed by atoms with Crippen LogP contribution in [0.5, 0.6) is 0 Å². The second-order valence-corrected chi connectivity index (χ2v) is 8.05. The Morgan fingerprint density at radius 3 is 2.16 bits per heavy atom. The molecule has 1 N–H and O–H groups in total. The Morgan fingerprint density at radius 1 is 0.842 bits per heavy atom. The molecule has 0 aromatic carbocycles. The van der Waals surface area contributed by atoms with Gasteiger partial charge in [-0.25, -0.2) is 0 Å². The number of hydrogen-bond acceptors (Lipinski definition) is 2. The van der Waals surface area contributed by atoms with Crippen molar-refractivity contribution in [3.8, 4) is 0 Å². The van der Waals surface area contributed by atoms with Crippen molar-refractivity contribution in [1.82, 2.24) is 10.2 Å². The first-order valence-corrected chi connectivity index (χ1v) is 8.62. The topological polar surface area (TPSA) is 15.3 Å². The third-order valence-electron chi connectivity index (χ3n) is 5.61. The van der Waals surface area contributed by atoms with Crippen LogP contribution >= 0.6 is 0 Å². The van der Waals surface area contributed by atoms with E-state index in [4.69, 9.17) is 0 Å². The van der Waals surface area contributed by atoms with Crippen LogP contribution in [0.2, 0.25) is 0 Å². The molecule has 0 bridgehead atoms. The minimum Gasteiger partial charge on any atom is -0.304 e. The van der Waals surface area contributed by atoms with Crippen LogP contribution in [-0.4, -0.2) is 35.1 Å². The summed E-state index contributed by atoms with van der Waals surface area (Å²) in [6.45, 7) is 7.40. The average Bonchev–Trinajstić information content (AvgIpc) is 2.38. The van der Waals surface area contributed by atoms with E-state index in [2.05, 4.69) is 24.1 Å². The van der Waals surface area contributed by atoms with E-state index < -0.39 is 0 Å². The minimum absolute atomic E-state index is 0.299. The van der Waals surface area contributed by atoms with Gasteiger partial charge in [-0.15, -0.1) is 0 Å². The van der Waals surface area contributed by atoms with Gasteiger partial charge < -0.3 is 5.32 Å². The standard InChI is InChI=1S/C17H32N2/c1-16(2)13-19(15-9-5-3-6-10-15)14-17(18-16)11-7-4-8-12-17/h15,18H,3-14H2,1-2H3. The molecule has 0 unspecified atom stereocenters. The first kappa shape index (κ1) is 13.9. The van der Waals surface area contributed by atoms with Gasteiger partial charge in [-0.1, -0.05) is 38.5 Å². The maximum Gasteiger partial charge on any atom is 0.0314 e. The molecular formula is C17H32N2. The monoisotopic (exact) mass is 264 g/mol. The van der Waals surface area contributed by atoms with Gasteiger partial charge in [0.2, 0.25) is 0 Å². The molecule has 2 aliphatic carbocycles. The fourth-order valence-corrected chi connectivity index (χ4v) is 4.97. The summed E-state index contributed by atoms with van der Waals surface area (Å²) in [7, 11) is 0. The number of piperazine rings is 1. The molecule has 1 spiro atoms. The largest absolute Gasteiger partial charge is 0.304 e. The van der Waals surface area contributed by atoms with Gasteiger partial charge in [0, 0.05) is 30.2 Å². The van der Waals surface area contributed by atoms with E-state index in [-0.39, 0.29) is 0 Å². The van der Waals surface area contributed by atoms with E-state index in [9.17, 15) is 0 Å². The fraction of sp³-hybridized carbons (Fsp3) is 1.00. The normalized spacial score (nSPS) is 32.5. The summed E-state index contributed by atoms with van der Waals surface area (Å²) >= 11 is 0. The Balaban J connectivity index is 1.73. The maximum absolute atomic E-state index is 4.04. The lowest BCUT2D eigenvalue weighted by molar-refractivity contribution is 0.00336. The summed E-state index contributed by atoms with van der Waals surface area (Å²) in [5.74, 6) is 0. The highest BCUT2D eigenvalue weighted by Crippen LogP contribution is 2.36. The molecule has 19 heavy (non-hydrogen) atoms. The number of rotatable bonds is 1. The Bertz CT molecular complexity index is 298. The maximum atomic E-state index is 4.04. The zero-order valence-corrected chi connectivity index (χ0v) is 13.0. The van der Waals surface area contributed by atoms with E-state index in [1.165, 1.54) is 77.3 Å². The van der Waals surface area contributed by atoms with Crippen LogP contribution in [0, 0.1) is 0 Å². The predicted molar refractivity (Wildman–Crippen MR) is 81.5 cm³/mol. The molecule has 1 aliphatic heterocycles. The molecule has 0 radical (unpaired) electrons. The molecule has 2 nitrogen and oxygen atoms in total. The molecule has 110 valence electrons. The third kappa shape index (κ3) is 3.16. The van der Waals surface area contributed by atoms with Gasteiger partial charge >= 0.3 is 0 Å². The van der Waals surface area contributed by atoms with Crippen molar-refractivity contribution in [2.24, 2.45) is 0 Å². The van der Waals surface area contributed by atoms with E-state index in [0.29, 0.717) is 11.1 Å². The van der Waals surface area contributed by atoms with E-state index >= 15 is 0 Å². The van der Waals surface area contributed by atoms with Crippen LogP contribution in [-0.2, 0) is 0 Å². The molecule has 1 heterocycles. The Kier molecular flexibility index (Phi) is 3.92. The van der Waals surface area contributed by atoms with Crippen LogP contribution in [0.15, 0.2) is 0 Å². The lowest BCUT2D eigenvalue weighted by Crippen LogP contribution is -2.70. The van der Waals surface area contributed by atoms with Gasteiger partial charge in [0.05, 0.1) is 0 Å². The van der Waals surface area contributed by atoms with Crippen molar-refractivity contribution < 1.29 is 0 Å². The van der Waals surface area contributed by atoms with Crippen molar-refractivity contribution in [1.29, 1.82) is 0 Å². The van der Waals surface area contributed by atoms with Crippen molar-refractivity contribution >= 4 is 0 Å². The molecule has 0 amide bonds. The highest BCUT2D eigenvalue weighted by molar-refractivity contribution is 5.05.